The van der Waals surface area contributed by atoms with E-state index in [1.54, 1.807) is 10.9 Å². The summed E-state index contributed by atoms with van der Waals surface area (Å²) < 4.78 is 1.63. The standard InChI is InChI=1S/C13H16N4O/c1-2-11(14)10-5-3-4-6-12(10)17-8-9(7-16-17)13(15)18/h3-8,11H,2,14H2,1H3,(H2,15,18). The van der Waals surface area contributed by atoms with Gasteiger partial charge in [0.05, 0.1) is 17.4 Å². The quantitative estimate of drug-likeness (QED) is 0.851. The Hall–Kier alpha value is -2.14. The Kier molecular flexibility index (Phi) is 3.43. The third-order valence-corrected chi connectivity index (χ3v) is 2.89. The van der Waals surface area contributed by atoms with Crippen LogP contribution in [0.25, 0.3) is 5.69 Å². The summed E-state index contributed by atoms with van der Waals surface area (Å²) in [6, 6.07) is 7.68. The van der Waals surface area contributed by atoms with Crippen molar-refractivity contribution in [1.82, 2.24) is 9.78 Å². The Balaban J connectivity index is 2.46. The van der Waals surface area contributed by atoms with Crippen LogP contribution in [-0.2, 0) is 0 Å². The Morgan fingerprint density at radius 3 is 2.78 bits per heavy atom. The van der Waals surface area contributed by atoms with E-state index in [9.17, 15) is 4.79 Å². The second kappa shape index (κ2) is 5.01. The highest BCUT2D eigenvalue weighted by Crippen LogP contribution is 2.21. The number of benzene rings is 1. The molecule has 0 saturated carbocycles. The van der Waals surface area contributed by atoms with Gasteiger partial charge < -0.3 is 11.5 Å². The molecule has 2 rings (SSSR count). The van der Waals surface area contributed by atoms with Gasteiger partial charge in [-0.15, -0.1) is 0 Å². The first-order valence-corrected chi connectivity index (χ1v) is 5.82. The first-order valence-electron chi connectivity index (χ1n) is 5.82. The topological polar surface area (TPSA) is 86.9 Å². The van der Waals surface area contributed by atoms with Crippen LogP contribution in [0.1, 0.15) is 35.3 Å². The molecule has 4 N–H and O–H groups in total. The summed E-state index contributed by atoms with van der Waals surface area (Å²) in [5.74, 6) is -0.487. The lowest BCUT2D eigenvalue weighted by atomic mass is 10.0. The van der Waals surface area contributed by atoms with E-state index in [2.05, 4.69) is 5.10 Å². The minimum absolute atomic E-state index is 0.0533. The van der Waals surface area contributed by atoms with E-state index >= 15 is 0 Å². The fraction of sp³-hybridized carbons (Fsp3) is 0.231. The molecule has 1 aromatic heterocycles. The lowest BCUT2D eigenvalue weighted by molar-refractivity contribution is 0.100. The van der Waals surface area contributed by atoms with E-state index in [0.717, 1.165) is 17.7 Å². The van der Waals surface area contributed by atoms with E-state index in [1.807, 2.05) is 31.2 Å². The minimum atomic E-state index is -0.487. The average molecular weight is 244 g/mol. The number of carbonyl (C=O) groups is 1. The Morgan fingerprint density at radius 2 is 2.17 bits per heavy atom. The zero-order valence-corrected chi connectivity index (χ0v) is 10.2. The monoisotopic (exact) mass is 244 g/mol. The minimum Gasteiger partial charge on any atom is -0.366 e. The molecule has 1 aromatic carbocycles. The van der Waals surface area contributed by atoms with Crippen molar-refractivity contribution in [2.24, 2.45) is 11.5 Å². The van der Waals surface area contributed by atoms with Gasteiger partial charge in [0.2, 0.25) is 0 Å². The summed E-state index contributed by atoms with van der Waals surface area (Å²) in [5.41, 5.74) is 13.5. The largest absolute Gasteiger partial charge is 0.366 e. The summed E-state index contributed by atoms with van der Waals surface area (Å²) >= 11 is 0. The highest BCUT2D eigenvalue weighted by atomic mass is 16.1. The van der Waals surface area contributed by atoms with E-state index in [-0.39, 0.29) is 6.04 Å². The molecule has 1 unspecified atom stereocenters. The van der Waals surface area contributed by atoms with Gasteiger partial charge in [0.1, 0.15) is 0 Å². The molecule has 0 aliphatic rings. The summed E-state index contributed by atoms with van der Waals surface area (Å²) in [4.78, 5) is 11.1. The SMILES string of the molecule is CCC(N)c1ccccc1-n1cc(C(N)=O)cn1. The van der Waals surface area contributed by atoms with Crippen molar-refractivity contribution < 1.29 is 4.79 Å². The Morgan fingerprint density at radius 1 is 1.44 bits per heavy atom. The smallest absolute Gasteiger partial charge is 0.251 e. The van der Waals surface area contributed by atoms with Gasteiger partial charge >= 0.3 is 0 Å². The van der Waals surface area contributed by atoms with Crippen LogP contribution in [0.5, 0.6) is 0 Å². The van der Waals surface area contributed by atoms with Crippen molar-refractivity contribution in [1.29, 1.82) is 0 Å². The Bertz CT molecular complexity index is 562. The normalized spacial score (nSPS) is 12.3. The van der Waals surface area contributed by atoms with Gasteiger partial charge in [-0.2, -0.15) is 5.10 Å². The van der Waals surface area contributed by atoms with Gasteiger partial charge in [0.25, 0.3) is 5.91 Å². The van der Waals surface area contributed by atoms with E-state index in [4.69, 9.17) is 11.5 Å². The highest BCUT2D eigenvalue weighted by Gasteiger charge is 2.12. The number of para-hydroxylation sites is 1. The molecule has 1 atom stereocenters. The molecule has 18 heavy (non-hydrogen) atoms. The van der Waals surface area contributed by atoms with Crippen molar-refractivity contribution in [2.45, 2.75) is 19.4 Å². The third kappa shape index (κ3) is 2.26. The third-order valence-electron chi connectivity index (χ3n) is 2.89. The van der Waals surface area contributed by atoms with Gasteiger partial charge in [-0.05, 0) is 18.1 Å². The van der Waals surface area contributed by atoms with Crippen LogP contribution in [0.4, 0.5) is 0 Å². The second-order valence-corrected chi connectivity index (χ2v) is 4.11. The number of aromatic nitrogens is 2. The molecular weight excluding hydrogens is 228 g/mol. The molecule has 2 aromatic rings. The molecule has 0 aliphatic heterocycles. The van der Waals surface area contributed by atoms with Gasteiger partial charge in [-0.1, -0.05) is 25.1 Å². The summed E-state index contributed by atoms with van der Waals surface area (Å²) in [5, 5.41) is 4.15. The predicted molar refractivity (Wildman–Crippen MR) is 69.3 cm³/mol. The number of hydrogen-bond acceptors (Lipinski definition) is 3. The fourth-order valence-corrected chi connectivity index (χ4v) is 1.81. The van der Waals surface area contributed by atoms with E-state index in [0.29, 0.717) is 5.56 Å². The maximum Gasteiger partial charge on any atom is 0.251 e. The molecular formula is C13H16N4O. The van der Waals surface area contributed by atoms with Crippen LogP contribution in [0.15, 0.2) is 36.7 Å². The number of carbonyl (C=O) groups excluding carboxylic acids is 1. The summed E-state index contributed by atoms with van der Waals surface area (Å²) in [6.07, 6.45) is 3.90. The molecule has 94 valence electrons. The lowest BCUT2D eigenvalue weighted by Gasteiger charge is -2.14. The van der Waals surface area contributed by atoms with Crippen LogP contribution in [0, 0.1) is 0 Å². The van der Waals surface area contributed by atoms with Crippen LogP contribution in [0.2, 0.25) is 0 Å². The van der Waals surface area contributed by atoms with Crippen LogP contribution >= 0.6 is 0 Å². The zero-order valence-electron chi connectivity index (χ0n) is 10.2. The summed E-state index contributed by atoms with van der Waals surface area (Å²) in [7, 11) is 0. The molecule has 1 amide bonds. The van der Waals surface area contributed by atoms with Crippen LogP contribution < -0.4 is 11.5 Å². The predicted octanol–water partition coefficient (Wildman–Crippen LogP) is 1.38. The van der Waals surface area contributed by atoms with Crippen molar-refractivity contribution in [2.75, 3.05) is 0 Å². The molecule has 1 heterocycles. The maximum atomic E-state index is 11.1. The molecule has 0 bridgehead atoms. The van der Waals surface area contributed by atoms with E-state index in [1.165, 1.54) is 6.20 Å². The zero-order chi connectivity index (χ0) is 13.1. The number of rotatable bonds is 4. The molecule has 5 heteroatoms. The second-order valence-electron chi connectivity index (χ2n) is 4.11. The van der Waals surface area contributed by atoms with Gasteiger partial charge in [-0.25, -0.2) is 4.68 Å². The van der Waals surface area contributed by atoms with E-state index < -0.39 is 5.91 Å². The molecule has 0 fully saturated rings. The van der Waals surface area contributed by atoms with Crippen molar-refractivity contribution in [3.8, 4) is 5.69 Å². The lowest BCUT2D eigenvalue weighted by Crippen LogP contribution is -2.13. The number of primary amides is 1. The van der Waals surface area contributed by atoms with Crippen LogP contribution in [-0.4, -0.2) is 15.7 Å². The summed E-state index contributed by atoms with van der Waals surface area (Å²) in [6.45, 7) is 2.03. The highest BCUT2D eigenvalue weighted by molar-refractivity contribution is 5.92. The Labute approximate surface area is 105 Å². The molecule has 5 nitrogen and oxygen atoms in total. The number of hydrogen-bond donors (Lipinski definition) is 2. The van der Waals surface area contributed by atoms with Gasteiger partial charge in [0, 0.05) is 12.2 Å². The number of nitrogens with zero attached hydrogens (tertiary/aromatic N) is 2. The molecule has 0 radical (unpaired) electrons. The van der Waals surface area contributed by atoms with Gasteiger partial charge in [0.15, 0.2) is 0 Å². The fourth-order valence-electron chi connectivity index (χ4n) is 1.81. The molecule has 0 saturated heterocycles. The van der Waals surface area contributed by atoms with Gasteiger partial charge in [-0.3, -0.25) is 4.79 Å². The van der Waals surface area contributed by atoms with Crippen LogP contribution in [0.3, 0.4) is 0 Å². The maximum absolute atomic E-state index is 11.1. The number of nitrogens with two attached hydrogens (primary N) is 2. The van der Waals surface area contributed by atoms with Crippen molar-refractivity contribution >= 4 is 5.91 Å². The molecule has 0 aliphatic carbocycles. The first-order chi connectivity index (χ1) is 8.63. The number of amides is 1. The van der Waals surface area contributed by atoms with Crippen molar-refractivity contribution in [3.05, 3.63) is 47.8 Å². The van der Waals surface area contributed by atoms with Crippen molar-refractivity contribution in [3.63, 3.8) is 0 Å². The first kappa shape index (κ1) is 12.3. The average Bonchev–Trinajstić information content (AvgIpc) is 2.87. The molecule has 0 spiro atoms.